The number of fused-ring (bicyclic) bond motifs is 1. The fourth-order valence-corrected chi connectivity index (χ4v) is 4.80. The number of hydrogen-bond acceptors (Lipinski definition) is 5. The van der Waals surface area contributed by atoms with E-state index < -0.39 is 17.2 Å². The summed E-state index contributed by atoms with van der Waals surface area (Å²) in [6.07, 6.45) is 0.691. The van der Waals surface area contributed by atoms with Crippen LogP contribution in [-0.4, -0.2) is 20.9 Å². The Morgan fingerprint density at radius 3 is 2.29 bits per heavy atom. The minimum absolute atomic E-state index is 0.197. The molecule has 0 fully saturated rings. The Morgan fingerprint density at radius 2 is 1.68 bits per heavy atom. The lowest BCUT2D eigenvalue weighted by atomic mass is 10.2. The van der Waals surface area contributed by atoms with E-state index in [-0.39, 0.29) is 12.5 Å². The van der Waals surface area contributed by atoms with E-state index in [1.807, 2.05) is 6.92 Å². The Kier molecular flexibility index (Phi) is 6.67. The van der Waals surface area contributed by atoms with E-state index in [0.717, 1.165) is 9.44 Å². The van der Waals surface area contributed by atoms with Crippen LogP contribution in [0.1, 0.15) is 18.7 Å². The second-order valence-electron chi connectivity index (χ2n) is 7.58. The Labute approximate surface area is 203 Å². The Morgan fingerprint density at radius 1 is 1.00 bits per heavy atom. The van der Waals surface area contributed by atoms with Crippen molar-refractivity contribution in [1.29, 1.82) is 0 Å². The van der Waals surface area contributed by atoms with Crippen LogP contribution in [0.25, 0.3) is 15.9 Å². The van der Waals surface area contributed by atoms with Crippen molar-refractivity contribution in [1.82, 2.24) is 9.13 Å². The molecule has 2 aromatic carbocycles. The lowest BCUT2D eigenvalue weighted by molar-refractivity contribution is -0.117. The molecule has 4 aromatic rings. The van der Waals surface area contributed by atoms with Crippen LogP contribution in [0.5, 0.6) is 0 Å². The summed E-state index contributed by atoms with van der Waals surface area (Å²) in [6.45, 7) is 3.08. The molecule has 8 nitrogen and oxygen atoms in total. The number of carbonyl (C=O) groups excluding carboxylic acids is 2. The van der Waals surface area contributed by atoms with Gasteiger partial charge in [0.05, 0.1) is 11.1 Å². The Bertz CT molecular complexity index is 1520. The monoisotopic (exact) mass is 496 g/mol. The Balaban J connectivity index is 1.73. The molecular weight excluding hydrogens is 476 g/mol. The molecule has 0 aliphatic rings. The third-order valence-electron chi connectivity index (χ3n) is 5.07. The van der Waals surface area contributed by atoms with Gasteiger partial charge in [0, 0.05) is 28.2 Å². The normalized spacial score (nSPS) is 10.9. The topological polar surface area (TPSA) is 102 Å². The largest absolute Gasteiger partial charge is 0.337 e. The average molecular weight is 497 g/mol. The highest BCUT2D eigenvalue weighted by molar-refractivity contribution is 7.18. The minimum atomic E-state index is -0.625. The van der Waals surface area contributed by atoms with Crippen LogP contribution in [0.15, 0.2) is 64.2 Å². The average Bonchev–Trinajstić information content (AvgIpc) is 3.23. The first-order valence-electron chi connectivity index (χ1n) is 10.5. The second-order valence-corrected chi connectivity index (χ2v) is 9.13. The number of nitrogens with zero attached hydrogens (tertiary/aromatic N) is 2. The van der Waals surface area contributed by atoms with Gasteiger partial charge in [0.25, 0.3) is 5.56 Å². The number of thiophene rings is 1. The molecule has 10 heteroatoms. The van der Waals surface area contributed by atoms with Crippen molar-refractivity contribution in [2.75, 3.05) is 10.6 Å². The first-order chi connectivity index (χ1) is 16.3. The number of aryl methyl sites for hydroxylation is 1. The molecule has 0 unspecified atom stereocenters. The molecule has 0 aliphatic carbocycles. The van der Waals surface area contributed by atoms with Crippen LogP contribution in [0, 0.1) is 0 Å². The fourth-order valence-electron chi connectivity index (χ4n) is 3.54. The van der Waals surface area contributed by atoms with Crippen molar-refractivity contribution in [2.24, 2.45) is 0 Å². The molecule has 0 saturated carbocycles. The Hall–Kier alpha value is -3.69. The van der Waals surface area contributed by atoms with Crippen LogP contribution in [0.4, 0.5) is 11.4 Å². The highest BCUT2D eigenvalue weighted by Gasteiger charge is 2.19. The summed E-state index contributed by atoms with van der Waals surface area (Å²) in [5, 5.41) is 6.16. The molecule has 2 aromatic heterocycles. The highest BCUT2D eigenvalue weighted by Crippen LogP contribution is 2.24. The first-order valence-corrected chi connectivity index (χ1v) is 11.7. The van der Waals surface area contributed by atoms with Gasteiger partial charge in [-0.2, -0.15) is 0 Å². The van der Waals surface area contributed by atoms with Gasteiger partial charge in [0.1, 0.15) is 11.4 Å². The lowest BCUT2D eigenvalue weighted by Crippen LogP contribution is -2.40. The molecule has 0 aliphatic heterocycles. The molecule has 2 amide bonds. The van der Waals surface area contributed by atoms with Crippen molar-refractivity contribution in [3.05, 3.63) is 85.3 Å². The van der Waals surface area contributed by atoms with E-state index in [1.54, 1.807) is 48.5 Å². The van der Waals surface area contributed by atoms with Gasteiger partial charge < -0.3 is 10.6 Å². The van der Waals surface area contributed by atoms with Crippen LogP contribution in [0.3, 0.4) is 0 Å². The summed E-state index contributed by atoms with van der Waals surface area (Å²) in [4.78, 5) is 52.0. The molecule has 2 N–H and O–H groups in total. The number of nitrogens with one attached hydrogen (secondary N) is 2. The van der Waals surface area contributed by atoms with E-state index in [4.69, 9.17) is 11.6 Å². The molecule has 174 valence electrons. The van der Waals surface area contributed by atoms with E-state index >= 15 is 0 Å². The zero-order chi connectivity index (χ0) is 24.4. The lowest BCUT2D eigenvalue weighted by Gasteiger charge is -2.13. The van der Waals surface area contributed by atoms with Gasteiger partial charge in [0.2, 0.25) is 11.8 Å². The second kappa shape index (κ2) is 9.66. The smallest absolute Gasteiger partial charge is 0.326 e. The van der Waals surface area contributed by atoms with Gasteiger partial charge in [-0.05, 0) is 55.0 Å². The van der Waals surface area contributed by atoms with Crippen molar-refractivity contribution >= 4 is 56.3 Å². The third-order valence-corrected chi connectivity index (χ3v) is 6.61. The van der Waals surface area contributed by atoms with E-state index in [2.05, 4.69) is 10.6 Å². The number of halogens is 1. The molecule has 0 bridgehead atoms. The predicted molar refractivity (Wildman–Crippen MR) is 135 cm³/mol. The van der Waals surface area contributed by atoms with Gasteiger partial charge in [-0.25, -0.2) is 9.36 Å². The van der Waals surface area contributed by atoms with Crippen molar-refractivity contribution in [3.63, 3.8) is 0 Å². The number of hydrogen-bond donors (Lipinski definition) is 2. The van der Waals surface area contributed by atoms with E-state index in [0.29, 0.717) is 38.7 Å². The summed E-state index contributed by atoms with van der Waals surface area (Å²) in [6, 6.07) is 14.8. The summed E-state index contributed by atoms with van der Waals surface area (Å²) >= 11 is 7.41. The van der Waals surface area contributed by atoms with Gasteiger partial charge in [-0.3, -0.25) is 19.0 Å². The van der Waals surface area contributed by atoms with Crippen molar-refractivity contribution < 1.29 is 9.59 Å². The maximum Gasteiger partial charge on any atom is 0.337 e. The van der Waals surface area contributed by atoms with Crippen LogP contribution < -0.4 is 21.9 Å². The maximum absolute atomic E-state index is 13.4. The maximum atomic E-state index is 13.4. The van der Waals surface area contributed by atoms with E-state index in [1.165, 1.54) is 28.9 Å². The third kappa shape index (κ3) is 4.80. The molecule has 0 atom stereocenters. The zero-order valence-electron chi connectivity index (χ0n) is 18.4. The molecule has 0 radical (unpaired) electrons. The SMILES string of the molecule is CCc1cc2c(=O)n(-c3cccc(Cl)c3)c(=O)n(CC(=O)Nc3ccc(NC(C)=O)cc3)c2s1. The summed E-state index contributed by atoms with van der Waals surface area (Å²) in [5.74, 6) is -0.629. The van der Waals surface area contributed by atoms with Crippen LogP contribution >= 0.6 is 22.9 Å². The highest BCUT2D eigenvalue weighted by atomic mass is 35.5. The van der Waals surface area contributed by atoms with Gasteiger partial charge in [0.15, 0.2) is 0 Å². The van der Waals surface area contributed by atoms with Crippen LogP contribution in [-0.2, 0) is 22.6 Å². The zero-order valence-corrected chi connectivity index (χ0v) is 20.0. The van der Waals surface area contributed by atoms with Crippen molar-refractivity contribution in [3.8, 4) is 5.69 Å². The number of amides is 2. The van der Waals surface area contributed by atoms with Gasteiger partial charge in [-0.1, -0.05) is 24.6 Å². The number of benzene rings is 2. The number of carbonyl (C=O) groups is 2. The van der Waals surface area contributed by atoms with Crippen LogP contribution in [0.2, 0.25) is 5.02 Å². The molecule has 4 rings (SSSR count). The summed E-state index contributed by atoms with van der Waals surface area (Å²) in [7, 11) is 0. The van der Waals surface area contributed by atoms with Gasteiger partial charge in [-0.15, -0.1) is 11.3 Å². The molecule has 34 heavy (non-hydrogen) atoms. The van der Waals surface area contributed by atoms with Gasteiger partial charge >= 0.3 is 5.69 Å². The first kappa shape index (κ1) is 23.5. The number of rotatable bonds is 6. The summed E-state index contributed by atoms with van der Waals surface area (Å²) in [5.41, 5.74) is 0.356. The quantitative estimate of drug-likeness (QED) is 0.420. The summed E-state index contributed by atoms with van der Waals surface area (Å²) < 4.78 is 2.35. The van der Waals surface area contributed by atoms with E-state index in [9.17, 15) is 19.2 Å². The molecule has 0 spiro atoms. The van der Waals surface area contributed by atoms with Crippen molar-refractivity contribution in [2.45, 2.75) is 26.8 Å². The molecule has 0 saturated heterocycles. The number of aromatic nitrogens is 2. The fraction of sp³-hybridized carbons (Fsp3) is 0.167. The molecule has 2 heterocycles. The number of anilines is 2. The molecular formula is C24H21ClN4O4S. The standard InChI is InChI=1S/C24H21ClN4O4S/c1-3-19-12-20-22(32)29(18-6-4-5-15(25)11-18)24(33)28(23(20)34-19)13-21(31)27-17-9-7-16(8-10-17)26-14(2)30/h4-12H,3,13H2,1-2H3,(H,26,30)(H,27,31). The minimum Gasteiger partial charge on any atom is -0.326 e. The predicted octanol–water partition coefficient (Wildman–Crippen LogP) is 4.03.